The predicted octanol–water partition coefficient (Wildman–Crippen LogP) is 3.24. The van der Waals surface area contributed by atoms with Crippen LogP contribution in [0.4, 0.5) is 0 Å². The third-order valence-corrected chi connectivity index (χ3v) is 2.27. The fraction of sp³-hybridized carbons (Fsp3) is 0.214. The van der Waals surface area contributed by atoms with Crippen LogP contribution in [0.1, 0.15) is 25.8 Å². The largest absolute Gasteiger partial charge is 0.401 e. The van der Waals surface area contributed by atoms with E-state index in [1.807, 2.05) is 43.3 Å². The second kappa shape index (κ2) is 5.77. The van der Waals surface area contributed by atoms with E-state index in [1.165, 1.54) is 0 Å². The van der Waals surface area contributed by atoms with Gasteiger partial charge in [0.2, 0.25) is 0 Å². The molecule has 0 aliphatic carbocycles. The van der Waals surface area contributed by atoms with Gasteiger partial charge < -0.3 is 5.73 Å². The summed E-state index contributed by atoms with van der Waals surface area (Å²) in [4.78, 5) is 0. The molecule has 82 valence electrons. The first-order valence-corrected chi connectivity index (χ1v) is 5.33. The van der Waals surface area contributed by atoms with Crippen LogP contribution in [-0.4, -0.2) is 0 Å². The topological polar surface area (TPSA) is 49.8 Å². The van der Waals surface area contributed by atoms with Crippen LogP contribution in [-0.2, 0) is 0 Å². The molecule has 0 spiro atoms. The van der Waals surface area contributed by atoms with Crippen molar-refractivity contribution in [2.75, 3.05) is 0 Å². The van der Waals surface area contributed by atoms with Gasteiger partial charge in [-0.1, -0.05) is 43.3 Å². The first-order chi connectivity index (χ1) is 7.70. The van der Waals surface area contributed by atoms with Gasteiger partial charge in [0.15, 0.2) is 0 Å². The molecule has 0 bridgehead atoms. The first-order valence-electron chi connectivity index (χ1n) is 5.33. The minimum Gasteiger partial charge on any atom is -0.401 e. The Kier molecular flexibility index (Phi) is 4.35. The summed E-state index contributed by atoms with van der Waals surface area (Å²) in [5, 5.41) is 9.13. The summed E-state index contributed by atoms with van der Waals surface area (Å²) in [5.41, 5.74) is 8.81. The van der Waals surface area contributed by atoms with Crippen molar-refractivity contribution in [3.05, 3.63) is 53.2 Å². The molecular formula is C14H16N2. The first kappa shape index (κ1) is 12.1. The molecule has 0 heterocycles. The Morgan fingerprint density at radius 2 is 2.00 bits per heavy atom. The Balaban J connectivity index is 3.28. The average molecular weight is 212 g/mol. The molecule has 0 aliphatic heterocycles. The van der Waals surface area contributed by atoms with Crippen LogP contribution in [0.5, 0.6) is 0 Å². The molecule has 1 rings (SSSR count). The average Bonchev–Trinajstić information content (AvgIpc) is 2.29. The Morgan fingerprint density at radius 3 is 2.44 bits per heavy atom. The normalized spacial score (nSPS) is 12.9. The third kappa shape index (κ3) is 2.74. The SMILES string of the molecule is CC/C=C(\C(C#N)=C(/C)N)c1ccccc1. The van der Waals surface area contributed by atoms with Crippen LogP contribution in [0.2, 0.25) is 0 Å². The Morgan fingerprint density at radius 1 is 1.38 bits per heavy atom. The van der Waals surface area contributed by atoms with Crippen LogP contribution < -0.4 is 5.73 Å². The molecule has 0 amide bonds. The van der Waals surface area contributed by atoms with E-state index in [-0.39, 0.29) is 0 Å². The van der Waals surface area contributed by atoms with E-state index in [0.717, 1.165) is 17.6 Å². The van der Waals surface area contributed by atoms with Crippen LogP contribution in [0.3, 0.4) is 0 Å². The van der Waals surface area contributed by atoms with Gasteiger partial charge in [-0.05, 0) is 24.5 Å². The van der Waals surface area contributed by atoms with Crippen LogP contribution in [0.25, 0.3) is 5.57 Å². The summed E-state index contributed by atoms with van der Waals surface area (Å²) >= 11 is 0. The molecule has 0 aromatic heterocycles. The summed E-state index contributed by atoms with van der Waals surface area (Å²) in [6, 6.07) is 12.0. The summed E-state index contributed by atoms with van der Waals surface area (Å²) in [7, 11) is 0. The van der Waals surface area contributed by atoms with Crippen molar-refractivity contribution in [2.45, 2.75) is 20.3 Å². The maximum absolute atomic E-state index is 9.13. The summed E-state index contributed by atoms with van der Waals surface area (Å²) in [6.45, 7) is 3.80. The number of allylic oxidation sites excluding steroid dienone is 4. The van der Waals surface area contributed by atoms with E-state index >= 15 is 0 Å². The molecule has 0 fully saturated rings. The number of nitriles is 1. The van der Waals surface area contributed by atoms with Gasteiger partial charge >= 0.3 is 0 Å². The Bertz CT molecular complexity index is 443. The maximum Gasteiger partial charge on any atom is 0.102 e. The molecule has 2 N–H and O–H groups in total. The molecular weight excluding hydrogens is 196 g/mol. The molecule has 0 aliphatic rings. The quantitative estimate of drug-likeness (QED) is 0.617. The summed E-state index contributed by atoms with van der Waals surface area (Å²) < 4.78 is 0. The Hall–Kier alpha value is -2.01. The number of benzene rings is 1. The second-order valence-corrected chi connectivity index (χ2v) is 3.56. The number of hydrogen-bond donors (Lipinski definition) is 1. The maximum atomic E-state index is 9.13. The van der Waals surface area contributed by atoms with Crippen molar-refractivity contribution < 1.29 is 0 Å². The van der Waals surface area contributed by atoms with Gasteiger partial charge in [-0.15, -0.1) is 0 Å². The summed E-state index contributed by atoms with van der Waals surface area (Å²) in [6.07, 6.45) is 2.91. The number of nitrogens with zero attached hydrogens (tertiary/aromatic N) is 1. The highest BCUT2D eigenvalue weighted by Crippen LogP contribution is 2.24. The molecule has 0 saturated heterocycles. The van der Waals surface area contributed by atoms with Crippen molar-refractivity contribution in [2.24, 2.45) is 5.73 Å². The minimum absolute atomic E-state index is 0.561. The van der Waals surface area contributed by atoms with Crippen LogP contribution in [0.15, 0.2) is 47.7 Å². The molecule has 2 nitrogen and oxygen atoms in total. The molecule has 2 heteroatoms. The zero-order valence-corrected chi connectivity index (χ0v) is 9.70. The van der Waals surface area contributed by atoms with Crippen molar-refractivity contribution in [1.29, 1.82) is 5.26 Å². The molecule has 1 aromatic carbocycles. The van der Waals surface area contributed by atoms with Gasteiger partial charge in [0, 0.05) is 5.70 Å². The molecule has 0 unspecified atom stereocenters. The van der Waals surface area contributed by atoms with Crippen LogP contribution in [0, 0.1) is 11.3 Å². The van der Waals surface area contributed by atoms with Crippen molar-refractivity contribution >= 4 is 5.57 Å². The lowest BCUT2D eigenvalue weighted by Crippen LogP contribution is -1.99. The zero-order chi connectivity index (χ0) is 12.0. The molecule has 16 heavy (non-hydrogen) atoms. The highest BCUT2D eigenvalue weighted by atomic mass is 14.6. The highest BCUT2D eigenvalue weighted by Gasteiger charge is 2.08. The standard InChI is InChI=1S/C14H16N2/c1-3-7-13(14(10-15)11(2)16)12-8-5-4-6-9-12/h4-9H,3,16H2,1-2H3/b13-7-,14-11+. The minimum atomic E-state index is 0.561. The zero-order valence-electron chi connectivity index (χ0n) is 9.70. The smallest absolute Gasteiger partial charge is 0.102 e. The van der Waals surface area contributed by atoms with E-state index in [4.69, 9.17) is 11.0 Å². The van der Waals surface area contributed by atoms with Crippen molar-refractivity contribution in [3.8, 4) is 6.07 Å². The number of rotatable bonds is 3. The van der Waals surface area contributed by atoms with E-state index in [1.54, 1.807) is 6.92 Å². The van der Waals surface area contributed by atoms with Gasteiger partial charge in [-0.2, -0.15) is 5.26 Å². The highest BCUT2D eigenvalue weighted by molar-refractivity contribution is 5.83. The second-order valence-electron chi connectivity index (χ2n) is 3.56. The van der Waals surface area contributed by atoms with E-state index in [2.05, 4.69) is 6.07 Å². The molecule has 0 saturated carbocycles. The molecule has 0 atom stereocenters. The monoisotopic (exact) mass is 212 g/mol. The van der Waals surface area contributed by atoms with Gasteiger partial charge in [-0.25, -0.2) is 0 Å². The van der Waals surface area contributed by atoms with Crippen molar-refractivity contribution in [1.82, 2.24) is 0 Å². The third-order valence-electron chi connectivity index (χ3n) is 2.27. The van der Waals surface area contributed by atoms with E-state index < -0.39 is 0 Å². The van der Waals surface area contributed by atoms with Gasteiger partial charge in [0.25, 0.3) is 0 Å². The lowest BCUT2D eigenvalue weighted by Gasteiger charge is -2.07. The van der Waals surface area contributed by atoms with Gasteiger partial charge in [0.1, 0.15) is 6.07 Å². The Labute approximate surface area is 96.7 Å². The van der Waals surface area contributed by atoms with E-state index in [0.29, 0.717) is 11.3 Å². The summed E-state index contributed by atoms with van der Waals surface area (Å²) in [5.74, 6) is 0. The molecule has 0 radical (unpaired) electrons. The lowest BCUT2D eigenvalue weighted by atomic mass is 9.96. The molecule has 1 aromatic rings. The van der Waals surface area contributed by atoms with E-state index in [9.17, 15) is 0 Å². The van der Waals surface area contributed by atoms with Crippen LogP contribution >= 0.6 is 0 Å². The number of nitrogens with two attached hydrogens (primary N) is 1. The van der Waals surface area contributed by atoms with Gasteiger partial charge in [-0.3, -0.25) is 0 Å². The van der Waals surface area contributed by atoms with Crippen molar-refractivity contribution in [3.63, 3.8) is 0 Å². The predicted molar refractivity (Wildman–Crippen MR) is 67.2 cm³/mol. The fourth-order valence-corrected chi connectivity index (χ4v) is 1.55. The van der Waals surface area contributed by atoms with Gasteiger partial charge in [0.05, 0.1) is 5.57 Å². The number of hydrogen-bond acceptors (Lipinski definition) is 2. The fourth-order valence-electron chi connectivity index (χ4n) is 1.55. The lowest BCUT2D eigenvalue weighted by molar-refractivity contribution is 1.21.